The summed E-state index contributed by atoms with van der Waals surface area (Å²) in [6.07, 6.45) is 1.56. The number of hydrogen-bond acceptors (Lipinski definition) is 6. The maximum absolute atomic E-state index is 12.7. The minimum atomic E-state index is -1.02. The van der Waals surface area contributed by atoms with Gasteiger partial charge in [-0.05, 0) is 38.1 Å². The molecule has 7 nitrogen and oxygen atoms in total. The van der Waals surface area contributed by atoms with E-state index >= 15 is 0 Å². The Hall–Kier alpha value is -3.26. The summed E-state index contributed by atoms with van der Waals surface area (Å²) in [6, 6.07) is 16.8. The molecule has 136 valence electrons. The highest BCUT2D eigenvalue weighted by molar-refractivity contribution is 7.19. The predicted octanol–water partition coefficient (Wildman–Crippen LogP) is 3.65. The number of anilines is 1. The van der Waals surface area contributed by atoms with Gasteiger partial charge in [-0.25, -0.2) is 0 Å². The van der Waals surface area contributed by atoms with E-state index in [-0.39, 0.29) is 5.91 Å². The van der Waals surface area contributed by atoms with Gasteiger partial charge in [0.2, 0.25) is 4.96 Å². The molecule has 1 N–H and O–H groups in total. The normalized spacial score (nSPS) is 11.5. The summed E-state index contributed by atoms with van der Waals surface area (Å²) >= 11 is 1.43. The second kappa shape index (κ2) is 6.81. The molecule has 0 atom stereocenters. The highest BCUT2D eigenvalue weighted by Gasteiger charge is 2.30. The maximum atomic E-state index is 12.7. The summed E-state index contributed by atoms with van der Waals surface area (Å²) < 4.78 is 7.47. The molecule has 1 amide bonds. The standard InChI is InChI=1S/C19H17N5O2S/c1-19(2,26-15-9-4-3-5-10-15)17(25)21-14-8-6-7-13(11-14)16-23-24-12-20-22-18(24)27-16/h3-12H,1-2H3,(H,21,25). The van der Waals surface area contributed by atoms with Crippen molar-refractivity contribution in [1.29, 1.82) is 0 Å². The van der Waals surface area contributed by atoms with Gasteiger partial charge in [0.25, 0.3) is 5.91 Å². The molecule has 0 radical (unpaired) electrons. The molecule has 8 heteroatoms. The quantitative estimate of drug-likeness (QED) is 0.572. The Morgan fingerprint density at radius 3 is 2.74 bits per heavy atom. The number of benzene rings is 2. The Bertz CT molecular complexity index is 1060. The number of para-hydroxylation sites is 1. The third-order valence-corrected chi connectivity index (χ3v) is 4.88. The monoisotopic (exact) mass is 379 g/mol. The van der Waals surface area contributed by atoms with E-state index in [9.17, 15) is 4.79 Å². The van der Waals surface area contributed by atoms with Crippen LogP contribution in [0.1, 0.15) is 13.8 Å². The van der Waals surface area contributed by atoms with E-state index in [0.717, 1.165) is 15.5 Å². The van der Waals surface area contributed by atoms with Gasteiger partial charge in [-0.1, -0.05) is 41.7 Å². The van der Waals surface area contributed by atoms with Gasteiger partial charge in [0.05, 0.1) is 0 Å². The van der Waals surface area contributed by atoms with Crippen LogP contribution in [0.2, 0.25) is 0 Å². The summed E-state index contributed by atoms with van der Waals surface area (Å²) in [5.74, 6) is 0.410. The lowest BCUT2D eigenvalue weighted by atomic mass is 10.1. The van der Waals surface area contributed by atoms with Crippen LogP contribution in [0.15, 0.2) is 60.9 Å². The molecule has 2 aromatic heterocycles. The fourth-order valence-electron chi connectivity index (χ4n) is 2.52. The molecule has 27 heavy (non-hydrogen) atoms. The second-order valence-corrected chi connectivity index (χ2v) is 7.38. The average Bonchev–Trinajstić information content (AvgIpc) is 3.24. The third kappa shape index (κ3) is 3.65. The zero-order chi connectivity index (χ0) is 18.9. The van der Waals surface area contributed by atoms with Crippen LogP contribution < -0.4 is 10.1 Å². The number of carbonyl (C=O) groups excluding carboxylic acids is 1. The third-order valence-electron chi connectivity index (χ3n) is 3.92. The highest BCUT2D eigenvalue weighted by Crippen LogP contribution is 2.27. The molecule has 2 heterocycles. The molecule has 4 rings (SSSR count). The summed E-state index contributed by atoms with van der Waals surface area (Å²) in [7, 11) is 0. The van der Waals surface area contributed by atoms with Crippen LogP contribution in [0.5, 0.6) is 5.75 Å². The number of nitrogens with one attached hydrogen (secondary N) is 1. The summed E-state index contributed by atoms with van der Waals surface area (Å²) in [6.45, 7) is 3.48. The molecule has 0 saturated carbocycles. The smallest absolute Gasteiger partial charge is 0.267 e. The van der Waals surface area contributed by atoms with Crippen LogP contribution >= 0.6 is 11.3 Å². The number of ether oxygens (including phenoxy) is 1. The minimum absolute atomic E-state index is 0.235. The van der Waals surface area contributed by atoms with Crippen LogP contribution in [0.3, 0.4) is 0 Å². The van der Waals surface area contributed by atoms with Gasteiger partial charge < -0.3 is 10.1 Å². The van der Waals surface area contributed by atoms with Crippen LogP contribution in [-0.4, -0.2) is 31.3 Å². The molecule has 0 aliphatic rings. The van der Waals surface area contributed by atoms with E-state index in [1.165, 1.54) is 11.3 Å². The molecule has 0 unspecified atom stereocenters. The van der Waals surface area contributed by atoms with Gasteiger partial charge in [0.1, 0.15) is 17.1 Å². The first kappa shape index (κ1) is 17.2. The first-order valence-corrected chi connectivity index (χ1v) is 9.16. The first-order valence-electron chi connectivity index (χ1n) is 8.34. The van der Waals surface area contributed by atoms with Crippen molar-refractivity contribution in [3.05, 3.63) is 60.9 Å². The van der Waals surface area contributed by atoms with E-state index in [1.54, 1.807) is 24.7 Å². The van der Waals surface area contributed by atoms with Crippen molar-refractivity contribution in [3.8, 4) is 16.3 Å². The zero-order valence-electron chi connectivity index (χ0n) is 14.8. The fourth-order valence-corrected chi connectivity index (χ4v) is 3.33. The van der Waals surface area contributed by atoms with E-state index < -0.39 is 5.60 Å². The van der Waals surface area contributed by atoms with Crippen molar-refractivity contribution in [2.45, 2.75) is 19.4 Å². The van der Waals surface area contributed by atoms with Crippen molar-refractivity contribution >= 4 is 27.9 Å². The SMILES string of the molecule is CC(C)(Oc1ccccc1)C(=O)Nc1cccc(-c2nn3cnnc3s2)c1. The Labute approximate surface area is 159 Å². The van der Waals surface area contributed by atoms with Gasteiger partial charge in [0, 0.05) is 11.3 Å². The number of aromatic nitrogens is 4. The molecule has 0 bridgehead atoms. The highest BCUT2D eigenvalue weighted by atomic mass is 32.1. The van der Waals surface area contributed by atoms with Crippen molar-refractivity contribution < 1.29 is 9.53 Å². The maximum Gasteiger partial charge on any atom is 0.267 e. The van der Waals surface area contributed by atoms with Crippen LogP contribution in [0.4, 0.5) is 5.69 Å². The van der Waals surface area contributed by atoms with Crippen molar-refractivity contribution in [1.82, 2.24) is 19.8 Å². The second-order valence-electron chi connectivity index (χ2n) is 6.43. The molecular weight excluding hydrogens is 362 g/mol. The number of rotatable bonds is 5. The lowest BCUT2D eigenvalue weighted by molar-refractivity contribution is -0.128. The molecular formula is C19H17N5O2S. The van der Waals surface area contributed by atoms with Gasteiger partial charge in [-0.15, -0.1) is 10.2 Å². The van der Waals surface area contributed by atoms with E-state index in [0.29, 0.717) is 11.4 Å². The summed E-state index contributed by atoms with van der Waals surface area (Å²) in [5, 5.41) is 16.0. The lowest BCUT2D eigenvalue weighted by Gasteiger charge is -2.25. The summed E-state index contributed by atoms with van der Waals surface area (Å²) in [5.41, 5.74) is 0.545. The molecule has 0 aliphatic carbocycles. The topological polar surface area (TPSA) is 81.4 Å². The molecule has 4 aromatic rings. The number of amides is 1. The first-order chi connectivity index (χ1) is 13.0. The van der Waals surface area contributed by atoms with Gasteiger partial charge >= 0.3 is 0 Å². The van der Waals surface area contributed by atoms with E-state index in [1.807, 2.05) is 54.6 Å². The van der Waals surface area contributed by atoms with Crippen LogP contribution in [0.25, 0.3) is 15.5 Å². The Morgan fingerprint density at radius 1 is 1.15 bits per heavy atom. The number of hydrogen-bond donors (Lipinski definition) is 1. The van der Waals surface area contributed by atoms with Crippen LogP contribution in [-0.2, 0) is 4.79 Å². The van der Waals surface area contributed by atoms with Gasteiger partial charge in [-0.2, -0.15) is 9.61 Å². The lowest BCUT2D eigenvalue weighted by Crippen LogP contribution is -2.42. The molecule has 0 saturated heterocycles. The molecule has 0 fully saturated rings. The predicted molar refractivity (Wildman–Crippen MR) is 104 cm³/mol. The zero-order valence-corrected chi connectivity index (χ0v) is 15.6. The number of carbonyl (C=O) groups is 1. The van der Waals surface area contributed by atoms with Crippen molar-refractivity contribution in [2.75, 3.05) is 5.32 Å². The molecule has 0 aliphatic heterocycles. The van der Waals surface area contributed by atoms with Crippen LogP contribution in [0, 0.1) is 0 Å². The molecule has 0 spiro atoms. The van der Waals surface area contributed by atoms with Gasteiger partial charge in [0.15, 0.2) is 5.60 Å². The van der Waals surface area contributed by atoms with Crippen molar-refractivity contribution in [3.63, 3.8) is 0 Å². The van der Waals surface area contributed by atoms with Gasteiger partial charge in [-0.3, -0.25) is 4.79 Å². The number of fused-ring (bicyclic) bond motifs is 1. The summed E-state index contributed by atoms with van der Waals surface area (Å²) in [4.78, 5) is 13.4. The molecule has 2 aromatic carbocycles. The van der Waals surface area contributed by atoms with E-state index in [2.05, 4.69) is 20.6 Å². The van der Waals surface area contributed by atoms with Crippen molar-refractivity contribution in [2.24, 2.45) is 0 Å². The van der Waals surface area contributed by atoms with E-state index in [4.69, 9.17) is 4.74 Å². The minimum Gasteiger partial charge on any atom is -0.478 e. The Balaban J connectivity index is 1.52. The largest absolute Gasteiger partial charge is 0.478 e. The number of nitrogens with zero attached hydrogens (tertiary/aromatic N) is 4. The Kier molecular flexibility index (Phi) is 4.33. The average molecular weight is 379 g/mol. The Morgan fingerprint density at radius 2 is 1.96 bits per heavy atom. The fraction of sp³-hybridized carbons (Fsp3) is 0.158.